The molecule has 7 heteroatoms. The van der Waals surface area contributed by atoms with Crippen molar-refractivity contribution in [3.8, 4) is 0 Å². The number of hydrogen-bond acceptors (Lipinski definition) is 2. The average molecular weight is 371 g/mol. The molecule has 3 nitrogen and oxygen atoms in total. The lowest BCUT2D eigenvalue weighted by atomic mass is 9.85. The van der Waals surface area contributed by atoms with Crippen LogP contribution in [0.2, 0.25) is 10.0 Å². The van der Waals surface area contributed by atoms with E-state index in [2.05, 4.69) is 13.8 Å². The summed E-state index contributed by atoms with van der Waals surface area (Å²) in [5.41, 5.74) is 0.428. The first-order chi connectivity index (χ1) is 9.69. The third-order valence-electron chi connectivity index (χ3n) is 3.77. The summed E-state index contributed by atoms with van der Waals surface area (Å²) in [5.74, 6) is 0.0759. The minimum Gasteiger partial charge on any atom is -0.207 e. The number of benzene rings is 1. The van der Waals surface area contributed by atoms with Gasteiger partial charge in [-0.3, -0.25) is 0 Å². The molecule has 0 radical (unpaired) electrons. The lowest BCUT2D eigenvalue weighted by Crippen LogP contribution is -2.43. The van der Waals surface area contributed by atoms with Crippen LogP contribution in [-0.2, 0) is 15.9 Å². The third-order valence-corrected chi connectivity index (χ3v) is 6.82. The van der Waals surface area contributed by atoms with Crippen LogP contribution in [-0.4, -0.2) is 25.8 Å². The Morgan fingerprint density at radius 3 is 2.52 bits per heavy atom. The molecule has 1 aromatic carbocycles. The molecule has 0 aromatic heterocycles. The second-order valence-corrected chi connectivity index (χ2v) is 9.04. The summed E-state index contributed by atoms with van der Waals surface area (Å²) in [6, 6.07) is 2.99. The molecule has 1 aliphatic heterocycles. The van der Waals surface area contributed by atoms with Gasteiger partial charge in [-0.25, -0.2) is 8.42 Å². The van der Waals surface area contributed by atoms with Crippen molar-refractivity contribution in [1.82, 2.24) is 4.31 Å². The SMILES string of the molecule is CC1(C)CCCN(S(=O)(=O)c2ccc(Cl)c(CCl)c2Cl)C1. The molecule has 2 rings (SSSR count). The normalized spacial score (nSPS) is 19.7. The van der Waals surface area contributed by atoms with Crippen LogP contribution < -0.4 is 0 Å². The van der Waals surface area contributed by atoms with Crippen molar-refractivity contribution in [2.24, 2.45) is 5.41 Å². The molecule has 1 heterocycles. The van der Waals surface area contributed by atoms with Crippen LogP contribution in [0.4, 0.5) is 0 Å². The molecule has 1 saturated heterocycles. The van der Waals surface area contributed by atoms with Crippen molar-refractivity contribution < 1.29 is 8.42 Å². The highest BCUT2D eigenvalue weighted by atomic mass is 35.5. The summed E-state index contributed by atoms with van der Waals surface area (Å²) in [4.78, 5) is 0.0851. The molecule has 0 aliphatic carbocycles. The van der Waals surface area contributed by atoms with Crippen LogP contribution in [0, 0.1) is 5.41 Å². The number of sulfonamides is 1. The summed E-state index contributed by atoms with van der Waals surface area (Å²) < 4.78 is 27.2. The Bertz CT molecular complexity index is 644. The van der Waals surface area contributed by atoms with E-state index < -0.39 is 10.0 Å². The highest BCUT2D eigenvalue weighted by molar-refractivity contribution is 7.89. The fraction of sp³-hybridized carbons (Fsp3) is 0.571. The standard InChI is InChI=1S/C14H18Cl3NO2S/c1-14(2)6-3-7-18(9-14)21(19,20)12-5-4-11(16)10(8-15)13(12)17/h4-5H,3,6-9H2,1-2H3. The van der Waals surface area contributed by atoms with Gasteiger partial charge in [-0.2, -0.15) is 4.31 Å². The maximum Gasteiger partial charge on any atom is 0.244 e. The molecule has 0 atom stereocenters. The van der Waals surface area contributed by atoms with E-state index in [1.165, 1.54) is 16.4 Å². The lowest BCUT2D eigenvalue weighted by Gasteiger charge is -2.37. The van der Waals surface area contributed by atoms with Crippen molar-refractivity contribution >= 4 is 44.8 Å². The van der Waals surface area contributed by atoms with E-state index in [0.717, 1.165) is 12.8 Å². The van der Waals surface area contributed by atoms with Crippen LogP contribution in [0.3, 0.4) is 0 Å². The van der Waals surface area contributed by atoms with E-state index in [-0.39, 0.29) is 21.2 Å². The van der Waals surface area contributed by atoms with Gasteiger partial charge in [0.05, 0.1) is 10.9 Å². The summed E-state index contributed by atoms with van der Waals surface area (Å²) in [5, 5.41) is 0.508. The Labute approximate surface area is 141 Å². The van der Waals surface area contributed by atoms with E-state index in [4.69, 9.17) is 34.8 Å². The summed E-state index contributed by atoms with van der Waals surface area (Å²) in [7, 11) is -3.63. The largest absolute Gasteiger partial charge is 0.244 e. The number of nitrogens with zero attached hydrogens (tertiary/aromatic N) is 1. The monoisotopic (exact) mass is 369 g/mol. The molecule has 21 heavy (non-hydrogen) atoms. The van der Waals surface area contributed by atoms with Gasteiger partial charge in [0.2, 0.25) is 10.0 Å². The smallest absolute Gasteiger partial charge is 0.207 e. The predicted molar refractivity (Wildman–Crippen MR) is 87.8 cm³/mol. The minimum absolute atomic E-state index is 0.0282. The van der Waals surface area contributed by atoms with Crippen LogP contribution in [0.25, 0.3) is 0 Å². The van der Waals surface area contributed by atoms with E-state index in [1.807, 2.05) is 0 Å². The van der Waals surface area contributed by atoms with E-state index >= 15 is 0 Å². The third kappa shape index (κ3) is 3.50. The first-order valence-corrected chi connectivity index (χ1v) is 9.45. The summed E-state index contributed by atoms with van der Waals surface area (Å²) >= 11 is 18.0. The molecule has 1 aliphatic rings. The lowest BCUT2D eigenvalue weighted by molar-refractivity contribution is 0.187. The zero-order valence-corrected chi connectivity index (χ0v) is 15.1. The molecule has 0 amide bonds. The Balaban J connectivity index is 2.45. The van der Waals surface area contributed by atoms with Gasteiger partial charge in [0.15, 0.2) is 0 Å². The van der Waals surface area contributed by atoms with Crippen LogP contribution >= 0.6 is 34.8 Å². The summed E-state index contributed by atoms with van der Waals surface area (Å²) in [6.07, 6.45) is 1.86. The minimum atomic E-state index is -3.63. The van der Waals surface area contributed by atoms with Crippen molar-refractivity contribution in [2.75, 3.05) is 13.1 Å². The second-order valence-electron chi connectivity index (χ2n) is 6.08. The molecule has 0 spiro atoms. The molecular weight excluding hydrogens is 353 g/mol. The van der Waals surface area contributed by atoms with Crippen LogP contribution in [0.1, 0.15) is 32.3 Å². The van der Waals surface area contributed by atoms with E-state index in [0.29, 0.717) is 23.7 Å². The second kappa shape index (κ2) is 6.25. The predicted octanol–water partition coefficient (Wildman–Crippen LogP) is 4.54. The number of rotatable bonds is 3. The fourth-order valence-electron chi connectivity index (χ4n) is 2.61. The van der Waals surface area contributed by atoms with Crippen molar-refractivity contribution in [1.29, 1.82) is 0 Å². The van der Waals surface area contributed by atoms with Crippen LogP contribution in [0.5, 0.6) is 0 Å². The van der Waals surface area contributed by atoms with Gasteiger partial charge in [-0.15, -0.1) is 11.6 Å². The topological polar surface area (TPSA) is 37.4 Å². The molecule has 1 aromatic rings. The van der Waals surface area contributed by atoms with Gasteiger partial charge >= 0.3 is 0 Å². The zero-order chi connectivity index (χ0) is 15.8. The first kappa shape index (κ1) is 17.4. The van der Waals surface area contributed by atoms with Gasteiger partial charge in [-0.05, 0) is 30.4 Å². The molecule has 1 fully saturated rings. The van der Waals surface area contributed by atoms with E-state index in [9.17, 15) is 8.42 Å². The Hall–Kier alpha value is -0.000000000000000167. The van der Waals surface area contributed by atoms with Gasteiger partial charge in [0, 0.05) is 23.7 Å². The highest BCUT2D eigenvalue weighted by Gasteiger charge is 2.35. The maximum atomic E-state index is 12.8. The molecule has 118 valence electrons. The molecule has 0 bridgehead atoms. The highest BCUT2D eigenvalue weighted by Crippen LogP contribution is 2.36. The van der Waals surface area contributed by atoms with Crippen molar-refractivity contribution in [3.05, 3.63) is 27.7 Å². The Kier molecular flexibility index (Phi) is 5.16. The molecule has 0 N–H and O–H groups in total. The van der Waals surface area contributed by atoms with Gasteiger partial charge < -0.3 is 0 Å². The molecule has 0 saturated carbocycles. The number of hydrogen-bond donors (Lipinski definition) is 0. The van der Waals surface area contributed by atoms with Gasteiger partial charge in [-0.1, -0.05) is 37.0 Å². The molecule has 0 unspecified atom stereocenters. The van der Waals surface area contributed by atoms with Crippen molar-refractivity contribution in [3.63, 3.8) is 0 Å². The maximum absolute atomic E-state index is 12.8. The Morgan fingerprint density at radius 2 is 1.95 bits per heavy atom. The van der Waals surface area contributed by atoms with E-state index in [1.54, 1.807) is 0 Å². The van der Waals surface area contributed by atoms with Crippen LogP contribution in [0.15, 0.2) is 17.0 Å². The van der Waals surface area contributed by atoms with Crippen molar-refractivity contribution in [2.45, 2.75) is 37.5 Å². The quantitative estimate of drug-likeness (QED) is 0.732. The number of halogens is 3. The molecular formula is C14H18Cl3NO2S. The summed E-state index contributed by atoms with van der Waals surface area (Å²) in [6.45, 7) is 5.15. The zero-order valence-electron chi connectivity index (χ0n) is 12.0. The fourth-order valence-corrected chi connectivity index (χ4v) is 5.58. The first-order valence-electron chi connectivity index (χ1n) is 6.72. The number of alkyl halides is 1. The van der Waals surface area contributed by atoms with Gasteiger partial charge in [0.25, 0.3) is 0 Å². The van der Waals surface area contributed by atoms with Gasteiger partial charge in [0.1, 0.15) is 4.90 Å². The Morgan fingerprint density at radius 1 is 1.29 bits per heavy atom. The average Bonchev–Trinajstić information content (AvgIpc) is 2.37. The number of piperidine rings is 1.